The molecule has 0 saturated heterocycles. The van der Waals surface area contributed by atoms with Crippen molar-refractivity contribution < 1.29 is 4.39 Å². The Morgan fingerprint density at radius 2 is 2.18 bits per heavy atom. The zero-order valence-corrected chi connectivity index (χ0v) is 9.24. The molecule has 2 aromatic rings. The number of nitriles is 1. The Balaban J connectivity index is 2.32. The van der Waals surface area contributed by atoms with Crippen LogP contribution in [-0.2, 0) is 0 Å². The zero-order chi connectivity index (χ0) is 12.3. The zero-order valence-electron chi connectivity index (χ0n) is 9.24. The molecular weight excluding hydrogens is 217 g/mol. The number of anilines is 2. The lowest BCUT2D eigenvalue weighted by Gasteiger charge is -2.07. The number of hydrogen-bond donors (Lipinski definition) is 1. The van der Waals surface area contributed by atoms with Crippen LogP contribution in [0, 0.1) is 24.1 Å². The monoisotopic (exact) mass is 227 g/mol. The second-order valence-corrected chi connectivity index (χ2v) is 3.60. The van der Waals surface area contributed by atoms with Crippen molar-refractivity contribution in [1.29, 1.82) is 5.26 Å². The molecule has 1 aromatic heterocycles. The molecule has 4 heteroatoms. The minimum Gasteiger partial charge on any atom is -0.339 e. The largest absolute Gasteiger partial charge is 0.339 e. The lowest BCUT2D eigenvalue weighted by molar-refractivity contribution is 0.619. The molecule has 0 aliphatic rings. The predicted molar refractivity (Wildman–Crippen MR) is 63.4 cm³/mol. The fraction of sp³-hybridized carbons (Fsp3) is 0.0769. The van der Waals surface area contributed by atoms with Gasteiger partial charge in [-0.15, -0.1) is 0 Å². The molecule has 1 heterocycles. The Morgan fingerprint density at radius 1 is 1.35 bits per heavy atom. The molecule has 0 saturated carbocycles. The van der Waals surface area contributed by atoms with E-state index in [0.717, 1.165) is 0 Å². The van der Waals surface area contributed by atoms with Gasteiger partial charge in [-0.3, -0.25) is 0 Å². The van der Waals surface area contributed by atoms with Crippen LogP contribution in [0.5, 0.6) is 0 Å². The van der Waals surface area contributed by atoms with Crippen molar-refractivity contribution in [2.24, 2.45) is 0 Å². The van der Waals surface area contributed by atoms with Crippen LogP contribution in [-0.4, -0.2) is 4.98 Å². The molecule has 17 heavy (non-hydrogen) atoms. The number of halogens is 1. The summed E-state index contributed by atoms with van der Waals surface area (Å²) in [4.78, 5) is 4.04. The third-order valence-electron chi connectivity index (χ3n) is 2.36. The SMILES string of the molecule is Cc1ccc(Nc2ncccc2C#N)cc1F. The van der Waals surface area contributed by atoms with E-state index in [1.807, 2.05) is 6.07 Å². The third kappa shape index (κ3) is 2.40. The maximum absolute atomic E-state index is 13.3. The Kier molecular flexibility index (Phi) is 3.01. The summed E-state index contributed by atoms with van der Waals surface area (Å²) < 4.78 is 13.3. The quantitative estimate of drug-likeness (QED) is 0.857. The Hall–Kier alpha value is -2.41. The second-order valence-electron chi connectivity index (χ2n) is 3.60. The van der Waals surface area contributed by atoms with Crippen molar-refractivity contribution in [3.63, 3.8) is 0 Å². The number of nitrogens with one attached hydrogen (secondary N) is 1. The van der Waals surface area contributed by atoms with Crippen molar-refractivity contribution in [2.75, 3.05) is 5.32 Å². The molecule has 0 unspecified atom stereocenters. The first-order chi connectivity index (χ1) is 8.20. The topological polar surface area (TPSA) is 48.7 Å². The number of benzene rings is 1. The van der Waals surface area contributed by atoms with Gasteiger partial charge < -0.3 is 5.32 Å². The predicted octanol–water partition coefficient (Wildman–Crippen LogP) is 3.14. The maximum Gasteiger partial charge on any atom is 0.148 e. The van der Waals surface area contributed by atoms with E-state index in [0.29, 0.717) is 22.6 Å². The van der Waals surface area contributed by atoms with E-state index in [4.69, 9.17) is 5.26 Å². The molecule has 3 nitrogen and oxygen atoms in total. The van der Waals surface area contributed by atoms with Gasteiger partial charge in [0, 0.05) is 11.9 Å². The first-order valence-electron chi connectivity index (χ1n) is 5.09. The van der Waals surface area contributed by atoms with Gasteiger partial charge in [0.1, 0.15) is 17.7 Å². The maximum atomic E-state index is 13.3. The molecule has 0 amide bonds. The van der Waals surface area contributed by atoms with Crippen molar-refractivity contribution in [1.82, 2.24) is 4.98 Å². The van der Waals surface area contributed by atoms with E-state index in [2.05, 4.69) is 10.3 Å². The van der Waals surface area contributed by atoms with Crippen LogP contribution in [0.3, 0.4) is 0 Å². The smallest absolute Gasteiger partial charge is 0.148 e. The number of hydrogen-bond acceptors (Lipinski definition) is 3. The van der Waals surface area contributed by atoms with E-state index in [-0.39, 0.29) is 5.82 Å². The molecule has 0 atom stereocenters. The molecule has 0 fully saturated rings. The van der Waals surface area contributed by atoms with E-state index in [1.54, 1.807) is 37.4 Å². The van der Waals surface area contributed by atoms with Crippen LogP contribution in [0.2, 0.25) is 0 Å². The summed E-state index contributed by atoms with van der Waals surface area (Å²) in [6.07, 6.45) is 1.58. The second kappa shape index (κ2) is 4.62. The van der Waals surface area contributed by atoms with Crippen molar-refractivity contribution in [2.45, 2.75) is 6.92 Å². The Bertz CT molecular complexity index is 587. The van der Waals surface area contributed by atoms with Crippen LogP contribution in [0.25, 0.3) is 0 Å². The highest BCUT2D eigenvalue weighted by Crippen LogP contribution is 2.19. The summed E-state index contributed by atoms with van der Waals surface area (Å²) >= 11 is 0. The van der Waals surface area contributed by atoms with Crippen LogP contribution < -0.4 is 5.32 Å². The van der Waals surface area contributed by atoms with Gasteiger partial charge in [-0.2, -0.15) is 5.26 Å². The Morgan fingerprint density at radius 3 is 2.88 bits per heavy atom. The summed E-state index contributed by atoms with van der Waals surface area (Å²) in [5.74, 6) is 0.141. The minimum absolute atomic E-state index is 0.288. The standard InChI is InChI=1S/C13H10FN3/c1-9-4-5-11(7-12(9)14)17-13-10(8-15)3-2-6-16-13/h2-7H,1H3,(H,16,17). The number of aryl methyl sites for hydroxylation is 1. The van der Waals surface area contributed by atoms with Crippen LogP contribution >= 0.6 is 0 Å². The van der Waals surface area contributed by atoms with Gasteiger partial charge in [-0.05, 0) is 36.8 Å². The van der Waals surface area contributed by atoms with Gasteiger partial charge in [-0.25, -0.2) is 9.37 Å². The molecular formula is C13H10FN3. The first kappa shape index (κ1) is 11.1. The number of rotatable bonds is 2. The number of aromatic nitrogens is 1. The molecule has 0 spiro atoms. The average molecular weight is 227 g/mol. The Labute approximate surface area is 98.5 Å². The van der Waals surface area contributed by atoms with Crippen molar-refractivity contribution in [3.8, 4) is 6.07 Å². The lowest BCUT2D eigenvalue weighted by atomic mass is 10.2. The highest BCUT2D eigenvalue weighted by Gasteiger charge is 2.04. The van der Waals surface area contributed by atoms with Crippen molar-refractivity contribution in [3.05, 3.63) is 53.5 Å². The van der Waals surface area contributed by atoms with Gasteiger partial charge in [0.25, 0.3) is 0 Å². The summed E-state index contributed by atoms with van der Waals surface area (Å²) in [7, 11) is 0. The van der Waals surface area contributed by atoms with Crippen molar-refractivity contribution >= 4 is 11.5 Å². The summed E-state index contributed by atoms with van der Waals surface area (Å²) in [6.45, 7) is 1.70. The van der Waals surface area contributed by atoms with E-state index < -0.39 is 0 Å². The highest BCUT2D eigenvalue weighted by atomic mass is 19.1. The first-order valence-corrected chi connectivity index (χ1v) is 5.09. The molecule has 1 N–H and O–H groups in total. The van der Waals surface area contributed by atoms with Gasteiger partial charge in [0.15, 0.2) is 0 Å². The van der Waals surface area contributed by atoms with E-state index >= 15 is 0 Å². The van der Waals surface area contributed by atoms with Gasteiger partial charge in [0.2, 0.25) is 0 Å². The molecule has 1 aromatic carbocycles. The minimum atomic E-state index is -0.288. The third-order valence-corrected chi connectivity index (χ3v) is 2.36. The van der Waals surface area contributed by atoms with E-state index in [1.165, 1.54) is 6.07 Å². The van der Waals surface area contributed by atoms with Crippen LogP contribution in [0.1, 0.15) is 11.1 Å². The molecule has 0 aliphatic carbocycles. The van der Waals surface area contributed by atoms with Gasteiger partial charge >= 0.3 is 0 Å². The molecule has 2 rings (SSSR count). The number of nitrogens with zero attached hydrogens (tertiary/aromatic N) is 2. The average Bonchev–Trinajstić information content (AvgIpc) is 2.34. The number of pyridine rings is 1. The molecule has 84 valence electrons. The van der Waals surface area contributed by atoms with Crippen LogP contribution in [0.4, 0.5) is 15.9 Å². The van der Waals surface area contributed by atoms with Gasteiger partial charge in [0.05, 0.1) is 5.56 Å². The molecule has 0 aliphatic heterocycles. The fourth-order valence-electron chi connectivity index (χ4n) is 1.40. The summed E-state index contributed by atoms with van der Waals surface area (Å²) in [6, 6.07) is 10.2. The summed E-state index contributed by atoms with van der Waals surface area (Å²) in [5, 5.41) is 11.8. The lowest BCUT2D eigenvalue weighted by Crippen LogP contribution is -1.97. The summed E-state index contributed by atoms with van der Waals surface area (Å²) in [5.41, 5.74) is 1.58. The molecule has 0 bridgehead atoms. The van der Waals surface area contributed by atoms with E-state index in [9.17, 15) is 4.39 Å². The normalized spacial score (nSPS) is 9.71. The van der Waals surface area contributed by atoms with Crippen LogP contribution in [0.15, 0.2) is 36.5 Å². The van der Waals surface area contributed by atoms with Gasteiger partial charge in [-0.1, -0.05) is 6.07 Å². The molecule has 0 radical (unpaired) electrons. The highest BCUT2D eigenvalue weighted by molar-refractivity contribution is 5.62. The fourth-order valence-corrected chi connectivity index (χ4v) is 1.40.